The van der Waals surface area contributed by atoms with Gasteiger partial charge in [-0.3, -0.25) is 9.48 Å². The number of rotatable bonds is 10. The van der Waals surface area contributed by atoms with Crippen LogP contribution < -0.4 is 5.32 Å². The Labute approximate surface area is 217 Å². The van der Waals surface area contributed by atoms with Crippen LogP contribution in [0.4, 0.5) is 11.6 Å². The highest BCUT2D eigenvalue weighted by molar-refractivity contribution is 6.10. The molecule has 0 spiro atoms. The summed E-state index contributed by atoms with van der Waals surface area (Å²) in [5.74, 6) is 1.56. The normalized spacial score (nSPS) is 15.8. The van der Waals surface area contributed by atoms with Crippen LogP contribution in [0.25, 0.3) is 22.1 Å². The van der Waals surface area contributed by atoms with Crippen LogP contribution in [0, 0.1) is 0 Å². The summed E-state index contributed by atoms with van der Waals surface area (Å²) in [5.41, 5.74) is 4.47. The van der Waals surface area contributed by atoms with Crippen molar-refractivity contribution in [3.05, 3.63) is 29.8 Å². The summed E-state index contributed by atoms with van der Waals surface area (Å²) in [5, 5.41) is 9.22. The number of pyridine rings is 1. The first-order valence-electron chi connectivity index (χ1n) is 13.5. The highest BCUT2D eigenvalue weighted by Crippen LogP contribution is 2.39. The van der Waals surface area contributed by atoms with Gasteiger partial charge >= 0.3 is 0 Å². The number of imidazole rings is 1. The van der Waals surface area contributed by atoms with Crippen LogP contribution in [0.2, 0.25) is 0 Å². The number of fused-ring (bicyclic) bond motifs is 3. The number of nitrogens with one attached hydrogen (secondary N) is 1. The molecule has 2 fully saturated rings. The first-order chi connectivity index (χ1) is 17.9. The molecule has 2 aliphatic rings. The lowest BCUT2D eigenvalue weighted by atomic mass is 10.2. The molecule has 0 bridgehead atoms. The van der Waals surface area contributed by atoms with Gasteiger partial charge in [0.15, 0.2) is 11.6 Å². The van der Waals surface area contributed by atoms with Crippen molar-refractivity contribution in [3.8, 4) is 0 Å². The maximum Gasteiger partial charge on any atom is 0.271 e. The Hall–Kier alpha value is -3.40. The molecular formula is C27H37N9O. The fraction of sp³-hybridized carbons (Fsp3) is 0.556. The van der Waals surface area contributed by atoms with Gasteiger partial charge in [0, 0.05) is 62.3 Å². The Balaban J connectivity index is 1.43. The predicted octanol–water partition coefficient (Wildman–Crippen LogP) is 3.77. The molecular weight excluding hydrogens is 466 g/mol. The molecule has 4 aromatic rings. The first-order valence-corrected chi connectivity index (χ1v) is 13.5. The molecule has 4 aromatic heterocycles. The molecule has 4 heterocycles. The van der Waals surface area contributed by atoms with E-state index >= 15 is 0 Å². The summed E-state index contributed by atoms with van der Waals surface area (Å²) < 4.78 is 6.13. The van der Waals surface area contributed by atoms with E-state index in [-0.39, 0.29) is 5.91 Å². The third kappa shape index (κ3) is 4.27. The minimum absolute atomic E-state index is 0.141. The third-order valence-electron chi connectivity index (χ3n) is 7.58. The van der Waals surface area contributed by atoms with Gasteiger partial charge in [0.25, 0.3) is 5.91 Å². The molecule has 10 heteroatoms. The fourth-order valence-electron chi connectivity index (χ4n) is 5.42. The summed E-state index contributed by atoms with van der Waals surface area (Å²) in [7, 11) is 6.16. The number of aromatic nitrogens is 6. The number of nitrogens with zero attached hydrogens (tertiary/aromatic N) is 8. The van der Waals surface area contributed by atoms with Crippen molar-refractivity contribution in [1.29, 1.82) is 0 Å². The molecule has 0 unspecified atom stereocenters. The second-order valence-electron chi connectivity index (χ2n) is 10.7. The number of likely N-dealkylation sites (N-methyl/N-ethyl adjacent to an activating group) is 1. The average molecular weight is 504 g/mol. The second kappa shape index (κ2) is 9.16. The van der Waals surface area contributed by atoms with Gasteiger partial charge in [0.1, 0.15) is 16.9 Å². The van der Waals surface area contributed by atoms with Gasteiger partial charge in [-0.1, -0.05) is 0 Å². The lowest BCUT2D eigenvalue weighted by Gasteiger charge is -2.22. The summed E-state index contributed by atoms with van der Waals surface area (Å²) in [4.78, 5) is 27.9. The minimum Gasteiger partial charge on any atom is -0.333 e. The van der Waals surface area contributed by atoms with Gasteiger partial charge in [-0.25, -0.2) is 9.97 Å². The summed E-state index contributed by atoms with van der Waals surface area (Å²) in [6.07, 6.45) is 7.21. The van der Waals surface area contributed by atoms with E-state index in [0.717, 1.165) is 78.8 Å². The van der Waals surface area contributed by atoms with E-state index in [9.17, 15) is 4.79 Å². The lowest BCUT2D eigenvalue weighted by Crippen LogP contribution is -2.36. The Kier molecular flexibility index (Phi) is 5.94. The molecule has 0 radical (unpaired) electrons. The van der Waals surface area contributed by atoms with E-state index in [1.807, 2.05) is 28.7 Å². The largest absolute Gasteiger partial charge is 0.333 e. The molecule has 2 saturated carbocycles. The zero-order valence-corrected chi connectivity index (χ0v) is 22.5. The number of hydrogen-bond acceptors (Lipinski definition) is 6. The second-order valence-corrected chi connectivity index (χ2v) is 10.7. The summed E-state index contributed by atoms with van der Waals surface area (Å²) in [6.45, 7) is 6.62. The number of hydrogen-bond donors (Lipinski definition) is 1. The summed E-state index contributed by atoms with van der Waals surface area (Å²) in [6, 6.07) is 4.94. The van der Waals surface area contributed by atoms with Crippen molar-refractivity contribution in [1.82, 2.24) is 38.7 Å². The van der Waals surface area contributed by atoms with E-state index in [0.29, 0.717) is 24.4 Å². The number of amides is 1. The maximum atomic E-state index is 13.8. The maximum absolute atomic E-state index is 13.8. The third-order valence-corrected chi connectivity index (χ3v) is 7.58. The van der Waals surface area contributed by atoms with Gasteiger partial charge in [0.2, 0.25) is 0 Å². The Morgan fingerprint density at radius 1 is 1.11 bits per heavy atom. The molecule has 0 aliphatic heterocycles. The molecule has 37 heavy (non-hydrogen) atoms. The monoisotopic (exact) mass is 503 g/mol. The SMILES string of the molecule is CCn1nc(Nc2nc3c(cc(C(=O)N(C4CC4)C4CC4)n3CC)c3c2ncn3C)cc1CCN(C)C. The van der Waals surface area contributed by atoms with Gasteiger partial charge in [0.05, 0.1) is 11.8 Å². The van der Waals surface area contributed by atoms with Crippen molar-refractivity contribution < 1.29 is 4.79 Å². The molecule has 0 saturated heterocycles. The molecule has 0 aromatic carbocycles. The van der Waals surface area contributed by atoms with Gasteiger partial charge < -0.3 is 24.3 Å². The van der Waals surface area contributed by atoms with Crippen molar-refractivity contribution in [2.45, 2.75) is 71.1 Å². The number of carbonyl (C=O) groups excluding carboxylic acids is 1. The van der Waals surface area contributed by atoms with Crippen LogP contribution in [0.15, 0.2) is 18.5 Å². The Morgan fingerprint density at radius 2 is 1.84 bits per heavy atom. The van der Waals surface area contributed by atoms with E-state index in [1.54, 1.807) is 0 Å². The van der Waals surface area contributed by atoms with Crippen LogP contribution in [0.1, 0.15) is 55.7 Å². The molecule has 2 aliphatic carbocycles. The topological polar surface area (TPSA) is 89.0 Å². The van der Waals surface area contributed by atoms with Crippen molar-refractivity contribution in [3.63, 3.8) is 0 Å². The van der Waals surface area contributed by atoms with Gasteiger partial charge in [-0.15, -0.1) is 0 Å². The number of aryl methyl sites for hydroxylation is 3. The van der Waals surface area contributed by atoms with Gasteiger partial charge in [-0.05, 0) is 59.7 Å². The van der Waals surface area contributed by atoms with E-state index in [4.69, 9.17) is 10.1 Å². The average Bonchev–Trinajstić information content (AvgIpc) is 3.79. The van der Waals surface area contributed by atoms with Crippen molar-refractivity contribution >= 4 is 39.6 Å². The first kappa shape index (κ1) is 24.0. The summed E-state index contributed by atoms with van der Waals surface area (Å²) >= 11 is 0. The van der Waals surface area contributed by atoms with E-state index in [2.05, 4.69) is 58.7 Å². The highest BCUT2D eigenvalue weighted by Gasteiger charge is 2.43. The molecule has 0 atom stereocenters. The quantitative estimate of drug-likeness (QED) is 0.354. The van der Waals surface area contributed by atoms with Gasteiger partial charge in [-0.2, -0.15) is 5.10 Å². The fourth-order valence-corrected chi connectivity index (χ4v) is 5.42. The smallest absolute Gasteiger partial charge is 0.271 e. The number of anilines is 2. The Bertz CT molecular complexity index is 1460. The highest BCUT2D eigenvalue weighted by atomic mass is 16.2. The molecule has 6 rings (SSSR count). The molecule has 196 valence electrons. The van der Waals surface area contributed by atoms with Crippen LogP contribution in [0.5, 0.6) is 0 Å². The molecule has 1 amide bonds. The van der Waals surface area contributed by atoms with Crippen molar-refractivity contribution in [2.24, 2.45) is 7.05 Å². The van der Waals surface area contributed by atoms with Crippen molar-refractivity contribution in [2.75, 3.05) is 26.0 Å². The Morgan fingerprint density at radius 3 is 2.46 bits per heavy atom. The number of carbonyl (C=O) groups is 1. The standard InChI is InChI=1S/C27H37N9O/c1-6-34-21(27(37)36(17-8-9-17)18-10-11-18)15-20-24-23(28-16-33(24)5)25(30-26(20)34)29-22-14-19(12-13-32(3)4)35(7-2)31-22/h14-18H,6-13H2,1-5H3,(H,29,30,31). The van der Waals surface area contributed by atoms with Crippen LogP contribution >= 0.6 is 0 Å². The predicted molar refractivity (Wildman–Crippen MR) is 145 cm³/mol. The molecule has 10 nitrogen and oxygen atoms in total. The zero-order chi connectivity index (χ0) is 25.8. The lowest BCUT2D eigenvalue weighted by molar-refractivity contribution is 0.0719. The van der Waals surface area contributed by atoms with Crippen LogP contribution in [-0.4, -0.2) is 77.3 Å². The van der Waals surface area contributed by atoms with E-state index in [1.165, 1.54) is 5.69 Å². The van der Waals surface area contributed by atoms with Crippen LogP contribution in [0.3, 0.4) is 0 Å². The minimum atomic E-state index is 0.141. The molecule has 1 N–H and O–H groups in total. The van der Waals surface area contributed by atoms with Crippen LogP contribution in [-0.2, 0) is 26.6 Å². The zero-order valence-electron chi connectivity index (χ0n) is 22.5. The van der Waals surface area contributed by atoms with E-state index < -0.39 is 0 Å².